The molecule has 0 saturated heterocycles. The van der Waals surface area contributed by atoms with E-state index in [1.807, 2.05) is 32.0 Å². The van der Waals surface area contributed by atoms with E-state index in [9.17, 15) is 4.79 Å². The summed E-state index contributed by atoms with van der Waals surface area (Å²) in [5.41, 5.74) is 2.40. The topological polar surface area (TPSA) is 58.6 Å². The van der Waals surface area contributed by atoms with Crippen molar-refractivity contribution in [3.05, 3.63) is 29.3 Å². The summed E-state index contributed by atoms with van der Waals surface area (Å²) in [6.45, 7) is 5.29. The predicted octanol–water partition coefficient (Wildman–Crippen LogP) is 2.35. The Balaban J connectivity index is 1.68. The van der Waals surface area contributed by atoms with Crippen LogP contribution < -0.4 is 10.1 Å². The summed E-state index contributed by atoms with van der Waals surface area (Å²) in [5, 5.41) is 11.9. The van der Waals surface area contributed by atoms with Gasteiger partial charge in [-0.05, 0) is 55.7 Å². The summed E-state index contributed by atoms with van der Waals surface area (Å²) in [6, 6.07) is 6.06. The van der Waals surface area contributed by atoms with Gasteiger partial charge in [-0.3, -0.25) is 4.79 Å². The molecule has 0 aromatic heterocycles. The van der Waals surface area contributed by atoms with Crippen molar-refractivity contribution in [1.82, 2.24) is 5.32 Å². The van der Waals surface area contributed by atoms with Gasteiger partial charge in [-0.2, -0.15) is 0 Å². The van der Waals surface area contributed by atoms with Crippen LogP contribution in [0.2, 0.25) is 0 Å². The number of nitrogens with one attached hydrogen (secondary N) is 1. The standard InChI is InChI=1S/C17H25NO3/c1-13-3-4-14(2)15(11-13)21-10-5-16(20)18-12-17(6-7-17)8-9-19/h3-4,11,19H,5-10,12H2,1-2H3,(H,18,20). The lowest BCUT2D eigenvalue weighted by Crippen LogP contribution is -2.31. The van der Waals surface area contributed by atoms with Gasteiger partial charge in [-0.1, -0.05) is 12.1 Å². The van der Waals surface area contributed by atoms with Crippen LogP contribution in [-0.4, -0.2) is 30.8 Å². The lowest BCUT2D eigenvalue weighted by Gasteiger charge is -2.15. The molecule has 0 bridgehead atoms. The van der Waals surface area contributed by atoms with Crippen LogP contribution >= 0.6 is 0 Å². The summed E-state index contributed by atoms with van der Waals surface area (Å²) < 4.78 is 5.68. The number of ether oxygens (including phenoxy) is 1. The Morgan fingerprint density at radius 3 is 2.81 bits per heavy atom. The van der Waals surface area contributed by atoms with Gasteiger partial charge in [0.2, 0.25) is 5.91 Å². The molecule has 1 amide bonds. The van der Waals surface area contributed by atoms with Crippen molar-refractivity contribution in [1.29, 1.82) is 0 Å². The highest BCUT2D eigenvalue weighted by Gasteiger charge is 2.41. The van der Waals surface area contributed by atoms with Gasteiger partial charge < -0.3 is 15.2 Å². The number of carbonyl (C=O) groups excluding carboxylic acids is 1. The van der Waals surface area contributed by atoms with Gasteiger partial charge >= 0.3 is 0 Å². The van der Waals surface area contributed by atoms with E-state index in [4.69, 9.17) is 9.84 Å². The van der Waals surface area contributed by atoms with E-state index in [-0.39, 0.29) is 17.9 Å². The Kier molecular flexibility index (Phi) is 5.23. The normalized spacial score (nSPS) is 15.6. The van der Waals surface area contributed by atoms with Gasteiger partial charge in [0.05, 0.1) is 13.0 Å². The largest absolute Gasteiger partial charge is 0.493 e. The second-order valence-electron chi connectivity index (χ2n) is 6.12. The molecule has 1 saturated carbocycles. The molecule has 0 unspecified atom stereocenters. The van der Waals surface area contributed by atoms with Crippen LogP contribution in [0.3, 0.4) is 0 Å². The molecule has 2 N–H and O–H groups in total. The van der Waals surface area contributed by atoms with Crippen LogP contribution in [0.15, 0.2) is 18.2 Å². The molecule has 4 nitrogen and oxygen atoms in total. The van der Waals surface area contributed by atoms with E-state index in [1.54, 1.807) is 0 Å². The fourth-order valence-electron chi connectivity index (χ4n) is 2.42. The second kappa shape index (κ2) is 6.94. The van der Waals surface area contributed by atoms with Gasteiger partial charge in [0, 0.05) is 13.2 Å². The minimum Gasteiger partial charge on any atom is -0.493 e. The lowest BCUT2D eigenvalue weighted by atomic mass is 10.0. The molecule has 0 aliphatic heterocycles. The lowest BCUT2D eigenvalue weighted by molar-refractivity contribution is -0.121. The molecule has 116 valence electrons. The number of benzene rings is 1. The molecular weight excluding hydrogens is 266 g/mol. The first-order chi connectivity index (χ1) is 10.0. The molecule has 21 heavy (non-hydrogen) atoms. The molecule has 1 aromatic rings. The highest BCUT2D eigenvalue weighted by molar-refractivity contribution is 5.76. The Hall–Kier alpha value is -1.55. The van der Waals surface area contributed by atoms with Crippen molar-refractivity contribution < 1.29 is 14.6 Å². The average Bonchev–Trinajstić information content (AvgIpc) is 3.21. The van der Waals surface area contributed by atoms with E-state index < -0.39 is 0 Å². The fourth-order valence-corrected chi connectivity index (χ4v) is 2.42. The van der Waals surface area contributed by atoms with E-state index in [0.29, 0.717) is 19.6 Å². The van der Waals surface area contributed by atoms with Crippen molar-refractivity contribution in [3.63, 3.8) is 0 Å². The first-order valence-corrected chi connectivity index (χ1v) is 7.62. The third-order valence-electron chi connectivity index (χ3n) is 4.19. The third kappa shape index (κ3) is 4.74. The maximum atomic E-state index is 11.8. The summed E-state index contributed by atoms with van der Waals surface area (Å²) in [4.78, 5) is 11.8. The van der Waals surface area contributed by atoms with Crippen LogP contribution in [-0.2, 0) is 4.79 Å². The van der Waals surface area contributed by atoms with Gasteiger partial charge in [-0.15, -0.1) is 0 Å². The van der Waals surface area contributed by atoms with E-state index in [2.05, 4.69) is 5.32 Å². The van der Waals surface area contributed by atoms with Crippen molar-refractivity contribution >= 4 is 5.91 Å². The second-order valence-corrected chi connectivity index (χ2v) is 6.12. The smallest absolute Gasteiger partial charge is 0.223 e. The molecule has 2 rings (SSSR count). The molecule has 1 aliphatic rings. The van der Waals surface area contributed by atoms with Crippen LogP contribution in [0.25, 0.3) is 0 Å². The molecule has 1 aromatic carbocycles. The van der Waals surface area contributed by atoms with E-state index in [0.717, 1.165) is 36.1 Å². The minimum atomic E-state index is 0.0181. The van der Waals surface area contributed by atoms with Crippen molar-refractivity contribution in [2.45, 2.75) is 39.5 Å². The molecule has 0 atom stereocenters. The maximum absolute atomic E-state index is 11.8. The zero-order valence-electron chi connectivity index (χ0n) is 12.9. The van der Waals surface area contributed by atoms with Gasteiger partial charge in [0.15, 0.2) is 0 Å². The summed E-state index contributed by atoms with van der Waals surface area (Å²) >= 11 is 0. The number of hydrogen-bond acceptors (Lipinski definition) is 3. The predicted molar refractivity (Wildman–Crippen MR) is 82.4 cm³/mol. The SMILES string of the molecule is Cc1ccc(C)c(OCCC(=O)NCC2(CCO)CC2)c1. The Labute approximate surface area is 126 Å². The number of amides is 1. The monoisotopic (exact) mass is 291 g/mol. The van der Waals surface area contributed by atoms with Crippen LogP contribution in [0.1, 0.15) is 36.8 Å². The van der Waals surface area contributed by atoms with Crippen molar-refractivity contribution in [2.24, 2.45) is 5.41 Å². The average molecular weight is 291 g/mol. The maximum Gasteiger partial charge on any atom is 0.223 e. The number of rotatable bonds is 8. The van der Waals surface area contributed by atoms with Crippen molar-refractivity contribution in [2.75, 3.05) is 19.8 Å². The molecule has 0 radical (unpaired) electrons. The van der Waals surface area contributed by atoms with Gasteiger partial charge in [-0.25, -0.2) is 0 Å². The Bertz CT molecular complexity index is 495. The molecule has 1 fully saturated rings. The molecular formula is C17H25NO3. The molecule has 0 heterocycles. The first-order valence-electron chi connectivity index (χ1n) is 7.62. The molecule has 1 aliphatic carbocycles. The number of carbonyl (C=O) groups is 1. The zero-order chi connectivity index (χ0) is 15.3. The number of aliphatic hydroxyl groups is 1. The quantitative estimate of drug-likeness (QED) is 0.773. The van der Waals surface area contributed by atoms with Crippen LogP contribution in [0.5, 0.6) is 5.75 Å². The molecule has 4 heteroatoms. The van der Waals surface area contributed by atoms with Gasteiger partial charge in [0.25, 0.3) is 0 Å². The highest BCUT2D eigenvalue weighted by Crippen LogP contribution is 2.47. The van der Waals surface area contributed by atoms with Crippen LogP contribution in [0, 0.1) is 19.3 Å². The Morgan fingerprint density at radius 2 is 2.14 bits per heavy atom. The number of hydrogen-bond donors (Lipinski definition) is 2. The van der Waals surface area contributed by atoms with Gasteiger partial charge in [0.1, 0.15) is 5.75 Å². The minimum absolute atomic E-state index is 0.0181. The zero-order valence-corrected chi connectivity index (χ0v) is 12.9. The summed E-state index contributed by atoms with van der Waals surface area (Å²) in [7, 11) is 0. The molecule has 0 spiro atoms. The van der Waals surface area contributed by atoms with E-state index >= 15 is 0 Å². The summed E-state index contributed by atoms with van der Waals surface area (Å²) in [5.74, 6) is 0.867. The van der Waals surface area contributed by atoms with Crippen LogP contribution in [0.4, 0.5) is 0 Å². The number of aliphatic hydroxyl groups excluding tert-OH is 1. The van der Waals surface area contributed by atoms with Crippen molar-refractivity contribution in [3.8, 4) is 5.75 Å². The third-order valence-corrected chi connectivity index (χ3v) is 4.19. The summed E-state index contributed by atoms with van der Waals surface area (Å²) in [6.07, 6.45) is 3.36. The number of aryl methyl sites for hydroxylation is 2. The fraction of sp³-hybridized carbons (Fsp3) is 0.588. The Morgan fingerprint density at radius 1 is 1.38 bits per heavy atom. The first kappa shape index (κ1) is 15.8. The van der Waals surface area contributed by atoms with E-state index in [1.165, 1.54) is 0 Å². The highest BCUT2D eigenvalue weighted by atomic mass is 16.5.